The number of thiophene rings is 1. The summed E-state index contributed by atoms with van der Waals surface area (Å²) in [5.74, 6) is 0.677. The average Bonchev–Trinajstić information content (AvgIpc) is 3.19. The van der Waals surface area contributed by atoms with Crippen LogP contribution in [0.2, 0.25) is 0 Å². The number of hydrogen-bond acceptors (Lipinski definition) is 4. The molecule has 0 aliphatic carbocycles. The van der Waals surface area contributed by atoms with Crippen LogP contribution in [0, 0.1) is 5.92 Å². The Morgan fingerprint density at radius 3 is 2.95 bits per heavy atom. The van der Waals surface area contributed by atoms with E-state index in [0.29, 0.717) is 17.6 Å². The minimum Gasteiger partial charge on any atom is -0.486 e. The molecular formula is C17H19NO2S2. The predicted molar refractivity (Wildman–Crippen MR) is 92.9 cm³/mol. The smallest absolute Gasteiger partial charge is 0.219 e. The number of carbonyl (C=O) groups is 1. The molecule has 0 aromatic carbocycles. The minimum atomic E-state index is 0.0934. The van der Waals surface area contributed by atoms with Crippen LogP contribution in [0.25, 0.3) is 0 Å². The molecule has 1 aliphatic heterocycles. The minimum absolute atomic E-state index is 0.0934. The van der Waals surface area contributed by atoms with Gasteiger partial charge in [-0.25, -0.2) is 0 Å². The van der Waals surface area contributed by atoms with E-state index < -0.39 is 0 Å². The molecular weight excluding hydrogens is 314 g/mol. The third kappa shape index (κ3) is 2.88. The van der Waals surface area contributed by atoms with Gasteiger partial charge >= 0.3 is 0 Å². The van der Waals surface area contributed by atoms with Crippen molar-refractivity contribution >= 4 is 34.4 Å². The van der Waals surface area contributed by atoms with Gasteiger partial charge in [-0.05, 0) is 48.1 Å². The van der Waals surface area contributed by atoms with E-state index in [1.54, 1.807) is 0 Å². The lowest BCUT2D eigenvalue weighted by atomic mass is 10.1. The van der Waals surface area contributed by atoms with Crippen molar-refractivity contribution in [2.24, 2.45) is 5.92 Å². The summed E-state index contributed by atoms with van der Waals surface area (Å²) in [6.07, 6.45) is 0.915. The van der Waals surface area contributed by atoms with Crippen LogP contribution in [0.4, 0.5) is 0 Å². The molecule has 3 heterocycles. The number of ketones is 1. The van der Waals surface area contributed by atoms with Crippen molar-refractivity contribution in [2.45, 2.75) is 32.7 Å². The van der Waals surface area contributed by atoms with Gasteiger partial charge in [0, 0.05) is 12.2 Å². The van der Waals surface area contributed by atoms with E-state index in [-0.39, 0.29) is 11.7 Å². The van der Waals surface area contributed by atoms with Crippen LogP contribution in [-0.4, -0.2) is 22.0 Å². The molecule has 3 rings (SSSR count). The lowest BCUT2D eigenvalue weighted by molar-refractivity contribution is 0.103. The molecule has 3 nitrogen and oxygen atoms in total. The number of hydrogen-bond donors (Lipinski definition) is 0. The van der Waals surface area contributed by atoms with Crippen molar-refractivity contribution in [2.75, 3.05) is 6.61 Å². The summed E-state index contributed by atoms with van der Waals surface area (Å²) >= 11 is 6.92. The Labute approximate surface area is 139 Å². The average molecular weight is 333 g/mol. The van der Waals surface area contributed by atoms with E-state index in [2.05, 4.69) is 18.4 Å². The molecule has 0 amide bonds. The maximum absolute atomic E-state index is 12.5. The first kappa shape index (κ1) is 15.4. The summed E-state index contributed by atoms with van der Waals surface area (Å²) in [5.41, 5.74) is 1.86. The second-order valence-corrected chi connectivity index (χ2v) is 7.32. The zero-order valence-corrected chi connectivity index (χ0v) is 14.4. The van der Waals surface area contributed by atoms with E-state index >= 15 is 0 Å². The summed E-state index contributed by atoms with van der Waals surface area (Å²) in [7, 11) is 0. The Kier molecular flexibility index (Phi) is 4.45. The van der Waals surface area contributed by atoms with Crippen LogP contribution in [0.3, 0.4) is 0 Å². The third-order valence-electron chi connectivity index (χ3n) is 3.83. The van der Waals surface area contributed by atoms with E-state index in [1.807, 2.05) is 29.6 Å². The van der Waals surface area contributed by atoms with Crippen molar-refractivity contribution < 1.29 is 9.53 Å². The SMILES string of the molecule is CC(C)COC(=S)C1CCn2c(C(=O)c3cccs3)ccc21. The summed E-state index contributed by atoms with van der Waals surface area (Å²) in [6.45, 7) is 5.69. The van der Waals surface area contributed by atoms with Gasteiger partial charge in [-0.3, -0.25) is 4.79 Å². The Bertz CT molecular complexity index is 686. The standard InChI is InChI=1S/C17H19NO2S2/c1-11(2)10-20-17(21)12-7-8-18-13(12)5-6-14(18)16(19)15-4-3-9-22-15/h3-6,9,11-12H,7-8,10H2,1-2H3. The molecule has 0 bridgehead atoms. The summed E-state index contributed by atoms with van der Waals surface area (Å²) < 4.78 is 7.82. The molecule has 2 aromatic heterocycles. The zero-order valence-electron chi connectivity index (χ0n) is 12.7. The van der Waals surface area contributed by atoms with Gasteiger partial charge in [-0.1, -0.05) is 19.9 Å². The molecule has 2 aromatic rings. The largest absolute Gasteiger partial charge is 0.486 e. The van der Waals surface area contributed by atoms with Crippen LogP contribution in [-0.2, 0) is 11.3 Å². The van der Waals surface area contributed by atoms with Crippen LogP contribution >= 0.6 is 23.6 Å². The van der Waals surface area contributed by atoms with E-state index in [4.69, 9.17) is 17.0 Å². The van der Waals surface area contributed by atoms with Crippen molar-refractivity contribution in [3.63, 3.8) is 0 Å². The van der Waals surface area contributed by atoms with Gasteiger partial charge in [0.2, 0.25) is 5.78 Å². The fraction of sp³-hybridized carbons (Fsp3) is 0.412. The van der Waals surface area contributed by atoms with Crippen molar-refractivity contribution in [1.29, 1.82) is 0 Å². The van der Waals surface area contributed by atoms with Crippen LogP contribution < -0.4 is 0 Å². The van der Waals surface area contributed by atoms with Gasteiger partial charge in [0.05, 0.1) is 23.1 Å². The molecule has 5 heteroatoms. The van der Waals surface area contributed by atoms with E-state index in [1.165, 1.54) is 11.3 Å². The molecule has 22 heavy (non-hydrogen) atoms. The summed E-state index contributed by atoms with van der Waals surface area (Å²) in [5, 5.41) is 2.58. The number of aromatic nitrogens is 1. The quantitative estimate of drug-likeness (QED) is 0.605. The molecule has 1 unspecified atom stereocenters. The lowest BCUT2D eigenvalue weighted by Gasteiger charge is -2.14. The topological polar surface area (TPSA) is 31.2 Å². The van der Waals surface area contributed by atoms with Crippen molar-refractivity contribution in [1.82, 2.24) is 4.57 Å². The van der Waals surface area contributed by atoms with E-state index in [9.17, 15) is 4.79 Å². The highest BCUT2D eigenvalue weighted by molar-refractivity contribution is 7.80. The third-order valence-corrected chi connectivity index (χ3v) is 5.10. The molecule has 0 saturated carbocycles. The van der Waals surface area contributed by atoms with Crippen LogP contribution in [0.5, 0.6) is 0 Å². The second kappa shape index (κ2) is 6.34. The van der Waals surface area contributed by atoms with Gasteiger partial charge in [0.1, 0.15) is 0 Å². The first-order valence-corrected chi connectivity index (χ1v) is 8.81. The Balaban J connectivity index is 1.79. The number of ether oxygens (including phenoxy) is 1. The molecule has 0 radical (unpaired) electrons. The summed E-state index contributed by atoms with van der Waals surface area (Å²) in [4.78, 5) is 13.3. The van der Waals surface area contributed by atoms with Gasteiger partial charge in [-0.2, -0.15) is 0 Å². The maximum Gasteiger partial charge on any atom is 0.219 e. The fourth-order valence-electron chi connectivity index (χ4n) is 2.76. The van der Waals surface area contributed by atoms with Crippen molar-refractivity contribution in [3.05, 3.63) is 45.9 Å². The zero-order chi connectivity index (χ0) is 15.7. The first-order chi connectivity index (χ1) is 10.6. The highest BCUT2D eigenvalue weighted by Gasteiger charge is 2.31. The second-order valence-electron chi connectivity index (χ2n) is 5.97. The van der Waals surface area contributed by atoms with Gasteiger partial charge in [0.15, 0.2) is 5.05 Å². The molecule has 0 spiro atoms. The van der Waals surface area contributed by atoms with Crippen LogP contribution in [0.1, 0.15) is 47.2 Å². The number of nitrogens with zero attached hydrogens (tertiary/aromatic N) is 1. The molecule has 0 fully saturated rings. The molecule has 116 valence electrons. The highest BCUT2D eigenvalue weighted by atomic mass is 32.1. The monoisotopic (exact) mass is 333 g/mol. The molecule has 1 aliphatic rings. The first-order valence-electron chi connectivity index (χ1n) is 7.52. The molecule has 1 atom stereocenters. The van der Waals surface area contributed by atoms with Gasteiger partial charge in [-0.15, -0.1) is 11.3 Å². The molecule has 0 N–H and O–H groups in total. The number of carbonyl (C=O) groups excluding carboxylic acids is 1. The van der Waals surface area contributed by atoms with Gasteiger partial charge in [0.25, 0.3) is 0 Å². The Hall–Kier alpha value is -1.46. The lowest BCUT2D eigenvalue weighted by Crippen LogP contribution is -2.14. The summed E-state index contributed by atoms with van der Waals surface area (Å²) in [6, 6.07) is 7.71. The number of thiocarbonyl (C=S) groups is 1. The maximum atomic E-state index is 12.5. The molecule has 0 saturated heterocycles. The number of rotatable bonds is 5. The Morgan fingerprint density at radius 2 is 2.27 bits per heavy atom. The van der Waals surface area contributed by atoms with Crippen molar-refractivity contribution in [3.8, 4) is 0 Å². The van der Waals surface area contributed by atoms with Gasteiger partial charge < -0.3 is 9.30 Å². The normalized spacial score (nSPS) is 16.8. The van der Waals surface area contributed by atoms with Crippen LogP contribution in [0.15, 0.2) is 29.6 Å². The highest BCUT2D eigenvalue weighted by Crippen LogP contribution is 2.33. The predicted octanol–water partition coefficient (Wildman–Crippen LogP) is 4.27. The Morgan fingerprint density at radius 1 is 1.45 bits per heavy atom. The number of fused-ring (bicyclic) bond motifs is 1. The van der Waals surface area contributed by atoms with E-state index in [0.717, 1.165) is 29.2 Å². The fourth-order valence-corrected chi connectivity index (χ4v) is 3.74.